The molecule has 0 atom stereocenters. The molecule has 0 saturated carbocycles. The number of nitrogens with zero attached hydrogens (tertiary/aromatic N) is 5. The van der Waals surface area contributed by atoms with E-state index >= 15 is 0 Å². The molecular formula is C8H5N5. The van der Waals surface area contributed by atoms with Crippen molar-refractivity contribution in [2.75, 3.05) is 0 Å². The maximum absolute atomic E-state index is 8.75. The first-order valence-corrected chi connectivity index (χ1v) is 3.66. The molecular weight excluding hydrogens is 166 g/mol. The Morgan fingerprint density at radius 1 is 1.23 bits per heavy atom. The standard InChI is InChI=1S/C8H5N5/c1-5-12-6(4-9)7-8(13-5)11-3-2-10-7/h2-3H,1H3. The van der Waals surface area contributed by atoms with E-state index in [1.54, 1.807) is 6.92 Å². The highest BCUT2D eigenvalue weighted by Crippen LogP contribution is 2.08. The van der Waals surface area contributed by atoms with Gasteiger partial charge in [-0.05, 0) is 6.92 Å². The predicted octanol–water partition coefficient (Wildman–Crippen LogP) is 0.600. The Balaban J connectivity index is 2.91. The fourth-order valence-corrected chi connectivity index (χ4v) is 1.05. The van der Waals surface area contributed by atoms with Crippen LogP contribution in [0.3, 0.4) is 0 Å². The molecule has 0 bridgehead atoms. The molecule has 0 unspecified atom stereocenters. The lowest BCUT2D eigenvalue weighted by molar-refractivity contribution is 1.04. The third-order valence-corrected chi connectivity index (χ3v) is 1.55. The molecule has 2 aromatic rings. The second kappa shape index (κ2) is 2.75. The molecule has 0 aromatic carbocycles. The summed E-state index contributed by atoms with van der Waals surface area (Å²) in [7, 11) is 0. The summed E-state index contributed by atoms with van der Waals surface area (Å²) in [5.41, 5.74) is 1.19. The second-order valence-electron chi connectivity index (χ2n) is 2.46. The van der Waals surface area contributed by atoms with Crippen molar-refractivity contribution in [3.05, 3.63) is 23.9 Å². The maximum atomic E-state index is 8.75. The number of nitriles is 1. The first-order valence-electron chi connectivity index (χ1n) is 3.66. The van der Waals surface area contributed by atoms with Crippen LogP contribution >= 0.6 is 0 Å². The van der Waals surface area contributed by atoms with Crippen LogP contribution in [0.5, 0.6) is 0 Å². The molecule has 13 heavy (non-hydrogen) atoms. The van der Waals surface area contributed by atoms with Crippen molar-refractivity contribution in [2.24, 2.45) is 0 Å². The van der Waals surface area contributed by atoms with Crippen LogP contribution in [0.4, 0.5) is 0 Å². The lowest BCUT2D eigenvalue weighted by atomic mass is 10.3. The highest BCUT2D eigenvalue weighted by Gasteiger charge is 2.05. The number of hydrogen-bond donors (Lipinski definition) is 0. The van der Waals surface area contributed by atoms with Crippen LogP contribution in [0.25, 0.3) is 11.2 Å². The van der Waals surface area contributed by atoms with Gasteiger partial charge in [0.2, 0.25) is 0 Å². The zero-order valence-electron chi connectivity index (χ0n) is 6.89. The summed E-state index contributed by atoms with van der Waals surface area (Å²) in [4.78, 5) is 16.0. The highest BCUT2D eigenvalue weighted by molar-refractivity contribution is 5.74. The smallest absolute Gasteiger partial charge is 0.182 e. The summed E-state index contributed by atoms with van der Waals surface area (Å²) in [6.07, 6.45) is 3.05. The van der Waals surface area contributed by atoms with E-state index in [0.717, 1.165) is 0 Å². The summed E-state index contributed by atoms with van der Waals surface area (Å²) in [5, 5.41) is 8.75. The van der Waals surface area contributed by atoms with Gasteiger partial charge < -0.3 is 0 Å². The van der Waals surface area contributed by atoms with Gasteiger partial charge in [0.05, 0.1) is 0 Å². The number of rotatable bonds is 0. The molecule has 0 radical (unpaired) electrons. The van der Waals surface area contributed by atoms with E-state index in [4.69, 9.17) is 5.26 Å². The van der Waals surface area contributed by atoms with Gasteiger partial charge >= 0.3 is 0 Å². The molecule has 2 heterocycles. The van der Waals surface area contributed by atoms with Gasteiger partial charge in [0.25, 0.3) is 0 Å². The fraction of sp³-hybridized carbons (Fsp3) is 0.125. The normalized spacial score (nSPS) is 9.85. The molecule has 0 spiro atoms. The molecule has 62 valence electrons. The van der Waals surface area contributed by atoms with Crippen molar-refractivity contribution >= 4 is 11.2 Å². The first kappa shape index (κ1) is 7.55. The van der Waals surface area contributed by atoms with Gasteiger partial charge in [0.1, 0.15) is 17.4 Å². The zero-order valence-corrected chi connectivity index (χ0v) is 6.89. The van der Waals surface area contributed by atoms with Crippen molar-refractivity contribution in [1.82, 2.24) is 19.9 Å². The molecule has 0 N–H and O–H groups in total. The molecule has 5 heteroatoms. The molecule has 2 rings (SSSR count). The van der Waals surface area contributed by atoms with Crippen molar-refractivity contribution in [3.8, 4) is 6.07 Å². The summed E-state index contributed by atoms with van der Waals surface area (Å²) in [5.74, 6) is 0.532. The largest absolute Gasteiger partial charge is 0.248 e. The van der Waals surface area contributed by atoms with Gasteiger partial charge in [0, 0.05) is 12.4 Å². The van der Waals surface area contributed by atoms with Crippen LogP contribution in [0, 0.1) is 18.3 Å². The van der Waals surface area contributed by atoms with E-state index in [1.165, 1.54) is 12.4 Å². The monoisotopic (exact) mass is 171 g/mol. The van der Waals surface area contributed by atoms with Crippen LogP contribution in [-0.2, 0) is 0 Å². The molecule has 0 amide bonds. The zero-order chi connectivity index (χ0) is 9.26. The van der Waals surface area contributed by atoms with Gasteiger partial charge in [-0.2, -0.15) is 5.26 Å². The van der Waals surface area contributed by atoms with Gasteiger partial charge in [-0.3, -0.25) is 0 Å². The summed E-state index contributed by atoms with van der Waals surface area (Å²) in [6, 6.07) is 1.96. The van der Waals surface area contributed by atoms with Crippen molar-refractivity contribution in [1.29, 1.82) is 5.26 Å². The topological polar surface area (TPSA) is 75.3 Å². The van der Waals surface area contributed by atoms with E-state index in [1.807, 2.05) is 6.07 Å². The van der Waals surface area contributed by atoms with Crippen LogP contribution in [0.2, 0.25) is 0 Å². The third kappa shape index (κ3) is 1.18. The summed E-state index contributed by atoms with van der Waals surface area (Å²) < 4.78 is 0. The van der Waals surface area contributed by atoms with Crippen LogP contribution in [0.15, 0.2) is 12.4 Å². The van der Waals surface area contributed by atoms with Crippen molar-refractivity contribution < 1.29 is 0 Å². The highest BCUT2D eigenvalue weighted by atomic mass is 15.0. The Labute approximate surface area is 74.1 Å². The molecule has 5 nitrogen and oxygen atoms in total. The van der Waals surface area contributed by atoms with E-state index in [2.05, 4.69) is 19.9 Å². The minimum absolute atomic E-state index is 0.274. The van der Waals surface area contributed by atoms with Gasteiger partial charge in [0.15, 0.2) is 11.3 Å². The van der Waals surface area contributed by atoms with Crippen molar-refractivity contribution in [2.45, 2.75) is 6.92 Å². The van der Waals surface area contributed by atoms with E-state index in [0.29, 0.717) is 17.0 Å². The molecule has 2 aromatic heterocycles. The van der Waals surface area contributed by atoms with E-state index < -0.39 is 0 Å². The minimum atomic E-state index is 0.274. The number of aryl methyl sites for hydroxylation is 1. The molecule has 0 aliphatic heterocycles. The Morgan fingerprint density at radius 3 is 2.77 bits per heavy atom. The number of fused-ring (bicyclic) bond motifs is 1. The van der Waals surface area contributed by atoms with Crippen molar-refractivity contribution in [3.63, 3.8) is 0 Å². The number of aromatic nitrogens is 4. The average molecular weight is 171 g/mol. The SMILES string of the molecule is Cc1nc(C#N)c2nccnc2n1. The number of hydrogen-bond acceptors (Lipinski definition) is 5. The van der Waals surface area contributed by atoms with Crippen LogP contribution in [-0.4, -0.2) is 19.9 Å². The molecule has 0 fully saturated rings. The molecule has 0 aliphatic carbocycles. The van der Waals surface area contributed by atoms with E-state index in [9.17, 15) is 0 Å². The van der Waals surface area contributed by atoms with Crippen LogP contribution in [0.1, 0.15) is 11.5 Å². The lowest BCUT2D eigenvalue weighted by Crippen LogP contribution is -1.97. The second-order valence-corrected chi connectivity index (χ2v) is 2.46. The fourth-order valence-electron chi connectivity index (χ4n) is 1.05. The van der Waals surface area contributed by atoms with Gasteiger partial charge in [-0.25, -0.2) is 19.9 Å². The summed E-state index contributed by atoms with van der Waals surface area (Å²) in [6.45, 7) is 1.72. The Hall–Kier alpha value is -2.09. The Kier molecular flexibility index (Phi) is 1.60. The van der Waals surface area contributed by atoms with Gasteiger partial charge in [-0.15, -0.1) is 0 Å². The van der Waals surface area contributed by atoms with E-state index in [-0.39, 0.29) is 5.69 Å². The first-order chi connectivity index (χ1) is 6.31. The minimum Gasteiger partial charge on any atom is -0.248 e. The quantitative estimate of drug-likeness (QED) is 0.580. The average Bonchev–Trinajstić information content (AvgIpc) is 2.16. The molecule has 0 aliphatic rings. The lowest BCUT2D eigenvalue weighted by Gasteiger charge is -1.97. The van der Waals surface area contributed by atoms with Crippen LogP contribution < -0.4 is 0 Å². The molecule has 0 saturated heterocycles. The third-order valence-electron chi connectivity index (χ3n) is 1.55. The predicted molar refractivity (Wildman–Crippen MR) is 44.6 cm³/mol. The maximum Gasteiger partial charge on any atom is 0.182 e. The van der Waals surface area contributed by atoms with Gasteiger partial charge in [-0.1, -0.05) is 0 Å². The Bertz CT molecular complexity index is 499. The Morgan fingerprint density at radius 2 is 2.00 bits per heavy atom. The summed E-state index contributed by atoms with van der Waals surface area (Å²) >= 11 is 0.